The van der Waals surface area contributed by atoms with Crippen LogP contribution in [0.25, 0.3) is 0 Å². The number of hydrogen-bond donors (Lipinski definition) is 3. The number of benzene rings is 1. The Kier molecular flexibility index (Phi) is 5.83. The van der Waals surface area contributed by atoms with Gasteiger partial charge in [0.05, 0.1) is 4.34 Å². The molecule has 0 fully saturated rings. The third kappa shape index (κ3) is 5.09. The third-order valence-corrected chi connectivity index (χ3v) is 6.52. The van der Waals surface area contributed by atoms with Crippen LogP contribution < -0.4 is 15.4 Å². The van der Waals surface area contributed by atoms with Crippen LogP contribution in [0.1, 0.15) is 12.7 Å². The van der Waals surface area contributed by atoms with E-state index in [0.717, 1.165) is 29.4 Å². The zero-order valence-corrected chi connectivity index (χ0v) is 17.0. The van der Waals surface area contributed by atoms with Gasteiger partial charge in [0.25, 0.3) is 10.0 Å². The summed E-state index contributed by atoms with van der Waals surface area (Å²) in [4.78, 5) is 8.65. The number of sulfonamides is 1. The van der Waals surface area contributed by atoms with Gasteiger partial charge in [-0.15, -0.1) is 11.3 Å². The first kappa shape index (κ1) is 19.4. The van der Waals surface area contributed by atoms with Gasteiger partial charge >= 0.3 is 0 Å². The molecule has 2 aromatic heterocycles. The molecule has 0 saturated carbocycles. The van der Waals surface area contributed by atoms with Gasteiger partial charge in [0.2, 0.25) is 0 Å². The normalized spacial score (nSPS) is 11.2. The standard InChI is InChI=1S/C17H18ClN5O2S2/c1-3-19-15-10-16(21-11(2)20-15)22-12-4-6-13(7-5-12)23-27(24,25)17-9-8-14(18)26-17/h4-10,23H,3H2,1-2H3,(H2,19,20,21,22). The van der Waals surface area contributed by atoms with Crippen LogP contribution in [-0.2, 0) is 10.0 Å². The van der Waals surface area contributed by atoms with Gasteiger partial charge in [0.1, 0.15) is 21.7 Å². The molecule has 3 N–H and O–H groups in total. The molecule has 0 amide bonds. The SMILES string of the molecule is CCNc1cc(Nc2ccc(NS(=O)(=O)c3ccc(Cl)s3)cc2)nc(C)n1. The minimum Gasteiger partial charge on any atom is -0.370 e. The lowest BCUT2D eigenvalue weighted by atomic mass is 10.3. The average Bonchev–Trinajstić information content (AvgIpc) is 3.04. The summed E-state index contributed by atoms with van der Waals surface area (Å²) in [7, 11) is -3.65. The van der Waals surface area contributed by atoms with Gasteiger partial charge in [-0.05, 0) is 50.2 Å². The van der Waals surface area contributed by atoms with Crippen LogP contribution in [0.4, 0.5) is 23.0 Å². The van der Waals surface area contributed by atoms with E-state index in [2.05, 4.69) is 25.3 Å². The molecule has 7 nitrogen and oxygen atoms in total. The molecule has 10 heteroatoms. The summed E-state index contributed by atoms with van der Waals surface area (Å²) in [5.74, 6) is 2.04. The summed E-state index contributed by atoms with van der Waals surface area (Å²) >= 11 is 6.82. The zero-order valence-electron chi connectivity index (χ0n) is 14.7. The van der Waals surface area contributed by atoms with Gasteiger partial charge in [-0.1, -0.05) is 11.6 Å². The minimum absolute atomic E-state index is 0.169. The summed E-state index contributed by atoms with van der Waals surface area (Å²) < 4.78 is 27.8. The number of hydrogen-bond acceptors (Lipinski definition) is 7. The van der Waals surface area contributed by atoms with Crippen molar-refractivity contribution < 1.29 is 8.42 Å². The monoisotopic (exact) mass is 423 g/mol. The van der Waals surface area contributed by atoms with Crippen LogP contribution in [0.3, 0.4) is 0 Å². The van der Waals surface area contributed by atoms with Crippen LogP contribution in [0.5, 0.6) is 0 Å². The Bertz CT molecular complexity index is 1040. The molecule has 142 valence electrons. The Labute approximate surface area is 166 Å². The van der Waals surface area contributed by atoms with Crippen LogP contribution in [0, 0.1) is 6.92 Å². The van der Waals surface area contributed by atoms with Crippen molar-refractivity contribution in [2.45, 2.75) is 18.1 Å². The Balaban J connectivity index is 1.72. The van der Waals surface area contributed by atoms with E-state index in [-0.39, 0.29) is 4.21 Å². The van der Waals surface area contributed by atoms with Crippen molar-refractivity contribution in [1.29, 1.82) is 0 Å². The topological polar surface area (TPSA) is 96.0 Å². The van der Waals surface area contributed by atoms with E-state index >= 15 is 0 Å². The van der Waals surface area contributed by atoms with Gasteiger partial charge in [-0.2, -0.15) is 0 Å². The molecule has 3 aromatic rings. The fourth-order valence-electron chi connectivity index (χ4n) is 2.32. The highest BCUT2D eigenvalue weighted by atomic mass is 35.5. The average molecular weight is 424 g/mol. The Morgan fingerprint density at radius 2 is 1.70 bits per heavy atom. The lowest BCUT2D eigenvalue weighted by Gasteiger charge is -2.10. The van der Waals surface area contributed by atoms with Gasteiger partial charge in [0, 0.05) is 24.0 Å². The number of anilines is 4. The van der Waals surface area contributed by atoms with Crippen molar-refractivity contribution >= 4 is 56.0 Å². The summed E-state index contributed by atoms with van der Waals surface area (Å²) in [6.45, 7) is 4.58. The minimum atomic E-state index is -3.65. The lowest BCUT2D eigenvalue weighted by molar-refractivity contribution is 0.603. The first-order valence-corrected chi connectivity index (χ1v) is 10.8. The molecule has 0 aliphatic heterocycles. The first-order chi connectivity index (χ1) is 12.9. The summed E-state index contributed by atoms with van der Waals surface area (Å²) in [6.07, 6.45) is 0. The second-order valence-electron chi connectivity index (χ2n) is 5.58. The van der Waals surface area contributed by atoms with Crippen LogP contribution in [0.15, 0.2) is 46.7 Å². The Hall–Kier alpha value is -2.36. The summed E-state index contributed by atoms with van der Waals surface area (Å²) in [6, 6.07) is 11.7. The van der Waals surface area contributed by atoms with E-state index in [0.29, 0.717) is 21.7 Å². The predicted octanol–water partition coefficient (Wildman–Crippen LogP) is 4.48. The predicted molar refractivity (Wildman–Crippen MR) is 111 cm³/mol. The van der Waals surface area contributed by atoms with Gasteiger partial charge in [-0.25, -0.2) is 18.4 Å². The highest BCUT2D eigenvalue weighted by molar-refractivity contribution is 7.94. The van der Waals surface area contributed by atoms with Gasteiger partial charge in [-0.3, -0.25) is 4.72 Å². The number of thiophene rings is 1. The van der Waals surface area contributed by atoms with Crippen LogP contribution in [-0.4, -0.2) is 24.9 Å². The number of nitrogens with one attached hydrogen (secondary N) is 3. The maximum absolute atomic E-state index is 12.3. The van der Waals surface area contributed by atoms with Crippen molar-refractivity contribution in [3.63, 3.8) is 0 Å². The van der Waals surface area contributed by atoms with Gasteiger partial charge in [0.15, 0.2) is 0 Å². The largest absolute Gasteiger partial charge is 0.370 e. The summed E-state index contributed by atoms with van der Waals surface area (Å²) in [5, 5.41) is 6.34. The van der Waals surface area contributed by atoms with Gasteiger partial charge < -0.3 is 10.6 Å². The van der Waals surface area contributed by atoms with E-state index in [1.54, 1.807) is 30.3 Å². The fourth-order valence-corrected chi connectivity index (χ4v) is 4.86. The number of halogens is 1. The maximum Gasteiger partial charge on any atom is 0.271 e. The molecule has 2 heterocycles. The van der Waals surface area contributed by atoms with Crippen molar-refractivity contribution in [2.24, 2.45) is 0 Å². The van der Waals surface area contributed by atoms with Crippen LogP contribution >= 0.6 is 22.9 Å². The molecule has 0 radical (unpaired) electrons. The van der Waals surface area contributed by atoms with Crippen LogP contribution in [0.2, 0.25) is 4.34 Å². The second kappa shape index (κ2) is 8.12. The molecule has 3 rings (SSSR count). The van der Waals surface area contributed by atoms with E-state index in [9.17, 15) is 8.42 Å². The fraction of sp³-hybridized carbons (Fsp3) is 0.176. The third-order valence-electron chi connectivity index (χ3n) is 3.42. The molecule has 0 unspecified atom stereocenters. The molecule has 1 aromatic carbocycles. The highest BCUT2D eigenvalue weighted by Gasteiger charge is 2.16. The number of nitrogens with zero attached hydrogens (tertiary/aromatic N) is 2. The molecule has 0 spiro atoms. The molecule has 0 aliphatic carbocycles. The lowest BCUT2D eigenvalue weighted by Crippen LogP contribution is -2.11. The molecule has 0 atom stereocenters. The Morgan fingerprint density at radius 1 is 1.04 bits per heavy atom. The number of rotatable bonds is 7. The van der Waals surface area contributed by atoms with E-state index in [4.69, 9.17) is 11.6 Å². The highest BCUT2D eigenvalue weighted by Crippen LogP contribution is 2.28. The second-order valence-corrected chi connectivity index (χ2v) is 9.21. The van der Waals surface area contributed by atoms with Crippen molar-refractivity contribution in [1.82, 2.24) is 9.97 Å². The van der Waals surface area contributed by atoms with Crippen molar-refractivity contribution in [3.8, 4) is 0 Å². The Morgan fingerprint density at radius 3 is 2.33 bits per heavy atom. The smallest absolute Gasteiger partial charge is 0.271 e. The maximum atomic E-state index is 12.3. The molecular weight excluding hydrogens is 406 g/mol. The van der Waals surface area contributed by atoms with E-state index in [1.807, 2.05) is 19.9 Å². The van der Waals surface area contributed by atoms with E-state index in [1.165, 1.54) is 6.07 Å². The molecule has 0 bridgehead atoms. The molecule has 27 heavy (non-hydrogen) atoms. The molecular formula is C17H18ClN5O2S2. The van der Waals surface area contributed by atoms with E-state index < -0.39 is 10.0 Å². The quantitative estimate of drug-likeness (QED) is 0.518. The molecule has 0 saturated heterocycles. The zero-order chi connectivity index (χ0) is 19.4. The number of aryl methyl sites for hydroxylation is 1. The number of aromatic nitrogens is 2. The first-order valence-electron chi connectivity index (χ1n) is 8.10. The van der Waals surface area contributed by atoms with Crippen molar-refractivity contribution in [2.75, 3.05) is 21.9 Å². The van der Waals surface area contributed by atoms with Crippen molar-refractivity contribution in [3.05, 3.63) is 52.6 Å². The molecule has 0 aliphatic rings. The summed E-state index contributed by atoms with van der Waals surface area (Å²) in [5.41, 5.74) is 1.23.